The number of ether oxygens (including phenoxy) is 3. The Labute approximate surface area is 296 Å². The highest BCUT2D eigenvalue weighted by Crippen LogP contribution is 2.34. The highest BCUT2D eigenvalue weighted by molar-refractivity contribution is 5.98. The number of carbonyl (C=O) groups is 3. The molecule has 0 saturated heterocycles. The van der Waals surface area contributed by atoms with Crippen molar-refractivity contribution in [1.29, 1.82) is 0 Å². The summed E-state index contributed by atoms with van der Waals surface area (Å²) in [7, 11) is 1.28. The molecule has 0 bridgehead atoms. The Morgan fingerprint density at radius 2 is 1.33 bits per heavy atom. The molecule has 0 heterocycles. The maximum absolute atomic E-state index is 13.5. The van der Waals surface area contributed by atoms with Crippen molar-refractivity contribution < 1.29 is 41.8 Å². The second kappa shape index (κ2) is 18.6. The Balaban J connectivity index is 1.28. The normalized spacial score (nSPS) is 11.1. The number of hydrogen-bond donors (Lipinski definition) is 1. The third-order valence-electron chi connectivity index (χ3n) is 8.24. The van der Waals surface area contributed by atoms with E-state index in [2.05, 4.69) is 12.2 Å². The fourth-order valence-electron chi connectivity index (χ4n) is 5.28. The third-order valence-corrected chi connectivity index (χ3v) is 8.24. The molecular weight excluding hydrogens is 661 g/mol. The summed E-state index contributed by atoms with van der Waals surface area (Å²) in [5.74, 6) is -0.222. The number of methoxy groups -OCH3 is 1. The molecule has 0 aliphatic heterocycles. The molecule has 0 radical (unpaired) electrons. The number of halogens is 3. The minimum atomic E-state index is -4.62. The SMILES string of the molecule is CCCCCCCOc1ccc(C(=O)Oc2ccc(CN(CC)C(=O)c3ccc(C(=O)NCc4ccc(OC)cc4C(F)(F)F)cc3)cc2)cc1. The molecule has 0 fully saturated rings. The standard InChI is InChI=1S/C40H43F3N2O6/c1-4-6-7-8-9-24-50-33-21-16-31(17-22-33)39(48)51-34-19-10-28(11-20-34)27-45(5-2)38(47)30-14-12-29(13-15-30)37(46)44-26-32-18-23-35(49-3)25-36(32)40(41,42)43/h10-23,25H,4-9,24,26-27H2,1-3H3,(H,44,46). The number of esters is 1. The Morgan fingerprint density at radius 3 is 1.96 bits per heavy atom. The largest absolute Gasteiger partial charge is 0.497 e. The van der Waals surface area contributed by atoms with Crippen molar-refractivity contribution in [2.24, 2.45) is 0 Å². The molecule has 8 nitrogen and oxygen atoms in total. The smallest absolute Gasteiger partial charge is 0.416 e. The van der Waals surface area contributed by atoms with Crippen LogP contribution in [-0.2, 0) is 19.3 Å². The average molecular weight is 705 g/mol. The molecule has 4 aromatic rings. The summed E-state index contributed by atoms with van der Waals surface area (Å²) < 4.78 is 56.8. The van der Waals surface area contributed by atoms with Gasteiger partial charge in [-0.3, -0.25) is 9.59 Å². The Morgan fingerprint density at radius 1 is 0.725 bits per heavy atom. The molecule has 4 rings (SSSR count). The molecule has 1 N–H and O–H groups in total. The van der Waals surface area contributed by atoms with Crippen molar-refractivity contribution in [2.45, 2.75) is 65.2 Å². The van der Waals surface area contributed by atoms with Crippen LogP contribution in [-0.4, -0.2) is 42.9 Å². The van der Waals surface area contributed by atoms with Gasteiger partial charge in [0.2, 0.25) is 0 Å². The number of alkyl halides is 3. The number of nitrogens with zero attached hydrogens (tertiary/aromatic N) is 1. The summed E-state index contributed by atoms with van der Waals surface area (Å²) in [4.78, 5) is 40.3. The molecule has 270 valence electrons. The second-order valence-electron chi connectivity index (χ2n) is 11.9. The quantitative estimate of drug-likeness (QED) is 0.0671. The molecule has 0 atom stereocenters. The molecule has 0 aliphatic carbocycles. The molecule has 0 unspecified atom stereocenters. The average Bonchev–Trinajstić information content (AvgIpc) is 3.14. The minimum Gasteiger partial charge on any atom is -0.497 e. The first kappa shape index (κ1) is 38.5. The summed E-state index contributed by atoms with van der Waals surface area (Å²) in [5, 5.41) is 2.51. The lowest BCUT2D eigenvalue weighted by molar-refractivity contribution is -0.138. The molecule has 4 aromatic carbocycles. The first-order valence-corrected chi connectivity index (χ1v) is 17.0. The molecule has 2 amide bonds. The van der Waals surface area contributed by atoms with Crippen LogP contribution in [0.4, 0.5) is 13.2 Å². The van der Waals surface area contributed by atoms with Gasteiger partial charge in [-0.1, -0.05) is 50.8 Å². The molecule has 11 heteroatoms. The predicted molar refractivity (Wildman–Crippen MR) is 188 cm³/mol. The molecule has 0 saturated carbocycles. The lowest BCUT2D eigenvalue weighted by Gasteiger charge is -2.21. The van der Waals surface area contributed by atoms with Crippen LogP contribution in [0.25, 0.3) is 0 Å². The number of benzene rings is 4. The molecule has 0 spiro atoms. The monoisotopic (exact) mass is 704 g/mol. The molecule has 0 aromatic heterocycles. The summed E-state index contributed by atoms with van der Waals surface area (Å²) in [6, 6.07) is 23.2. The summed E-state index contributed by atoms with van der Waals surface area (Å²) >= 11 is 0. The zero-order valence-corrected chi connectivity index (χ0v) is 29.1. The van der Waals surface area contributed by atoms with E-state index < -0.39 is 23.6 Å². The van der Waals surface area contributed by atoms with E-state index in [1.54, 1.807) is 53.4 Å². The van der Waals surface area contributed by atoms with Gasteiger partial charge in [-0.05, 0) is 97.3 Å². The summed E-state index contributed by atoms with van der Waals surface area (Å²) in [6.07, 6.45) is 1.14. The van der Waals surface area contributed by atoms with E-state index in [0.29, 0.717) is 35.8 Å². The van der Waals surface area contributed by atoms with Crippen LogP contribution in [0.3, 0.4) is 0 Å². The van der Waals surface area contributed by atoms with Crippen molar-refractivity contribution >= 4 is 17.8 Å². The van der Waals surface area contributed by atoms with E-state index >= 15 is 0 Å². The number of amides is 2. The van der Waals surface area contributed by atoms with Gasteiger partial charge >= 0.3 is 12.1 Å². The number of rotatable bonds is 17. The van der Waals surface area contributed by atoms with Crippen molar-refractivity contribution in [3.63, 3.8) is 0 Å². The van der Waals surface area contributed by atoms with Crippen LogP contribution >= 0.6 is 0 Å². The van der Waals surface area contributed by atoms with Crippen LogP contribution in [0.15, 0.2) is 91.0 Å². The van der Waals surface area contributed by atoms with Crippen LogP contribution in [0.2, 0.25) is 0 Å². The van der Waals surface area contributed by atoms with Gasteiger partial charge in [-0.15, -0.1) is 0 Å². The minimum absolute atomic E-state index is 0.0589. The van der Waals surface area contributed by atoms with Crippen molar-refractivity contribution in [2.75, 3.05) is 20.3 Å². The van der Waals surface area contributed by atoms with E-state index in [9.17, 15) is 27.6 Å². The predicted octanol–water partition coefficient (Wildman–Crippen LogP) is 8.87. The number of hydrogen-bond acceptors (Lipinski definition) is 6. The van der Waals surface area contributed by atoms with Gasteiger partial charge in [0, 0.05) is 30.8 Å². The van der Waals surface area contributed by atoms with Crippen LogP contribution in [0.5, 0.6) is 17.2 Å². The first-order chi connectivity index (χ1) is 24.5. The van der Waals surface area contributed by atoms with Crippen LogP contribution in [0, 0.1) is 0 Å². The zero-order chi connectivity index (χ0) is 36.8. The van der Waals surface area contributed by atoms with Gasteiger partial charge in [-0.2, -0.15) is 13.2 Å². The van der Waals surface area contributed by atoms with Crippen molar-refractivity contribution in [1.82, 2.24) is 10.2 Å². The lowest BCUT2D eigenvalue weighted by atomic mass is 10.1. The van der Waals surface area contributed by atoms with E-state index in [1.807, 2.05) is 6.92 Å². The number of carbonyl (C=O) groups excluding carboxylic acids is 3. The fourth-order valence-corrected chi connectivity index (χ4v) is 5.28. The van der Waals surface area contributed by atoms with Crippen LogP contribution < -0.4 is 19.5 Å². The Bertz CT molecular complexity index is 1740. The fraction of sp³-hybridized carbons (Fsp3) is 0.325. The number of nitrogens with one attached hydrogen (secondary N) is 1. The highest BCUT2D eigenvalue weighted by atomic mass is 19.4. The first-order valence-electron chi connectivity index (χ1n) is 17.0. The van der Waals surface area contributed by atoms with Gasteiger partial charge in [-0.25, -0.2) is 4.79 Å². The summed E-state index contributed by atoms with van der Waals surface area (Å²) in [6.45, 7) is 5.00. The van der Waals surface area contributed by atoms with Crippen LogP contribution in [0.1, 0.15) is 93.7 Å². The zero-order valence-electron chi connectivity index (χ0n) is 29.1. The Hall–Kier alpha value is -5.32. The van der Waals surface area contributed by atoms with E-state index in [4.69, 9.17) is 14.2 Å². The van der Waals surface area contributed by atoms with E-state index in [0.717, 1.165) is 24.5 Å². The van der Waals surface area contributed by atoms with E-state index in [-0.39, 0.29) is 35.9 Å². The van der Waals surface area contributed by atoms with Crippen molar-refractivity contribution in [3.05, 3.63) is 124 Å². The molecular formula is C40H43F3N2O6. The molecule has 51 heavy (non-hydrogen) atoms. The van der Waals surface area contributed by atoms with E-state index in [1.165, 1.54) is 62.8 Å². The molecule has 0 aliphatic rings. The Kier molecular flexibility index (Phi) is 14.0. The van der Waals surface area contributed by atoms with Gasteiger partial charge in [0.15, 0.2) is 0 Å². The van der Waals surface area contributed by atoms with Crippen molar-refractivity contribution in [3.8, 4) is 17.2 Å². The summed E-state index contributed by atoms with van der Waals surface area (Å²) in [5.41, 5.74) is 0.750. The lowest BCUT2D eigenvalue weighted by Crippen LogP contribution is -2.30. The maximum atomic E-state index is 13.5. The van der Waals surface area contributed by atoms with Gasteiger partial charge in [0.1, 0.15) is 17.2 Å². The number of unbranched alkanes of at least 4 members (excludes halogenated alkanes) is 4. The third kappa shape index (κ3) is 11.4. The highest BCUT2D eigenvalue weighted by Gasteiger charge is 2.34. The van der Waals surface area contributed by atoms with Gasteiger partial charge in [0.25, 0.3) is 11.8 Å². The van der Waals surface area contributed by atoms with Gasteiger partial charge in [0.05, 0.1) is 24.8 Å². The topological polar surface area (TPSA) is 94.2 Å². The van der Waals surface area contributed by atoms with Gasteiger partial charge < -0.3 is 24.4 Å². The maximum Gasteiger partial charge on any atom is 0.416 e. The second-order valence-corrected chi connectivity index (χ2v) is 11.9.